The van der Waals surface area contributed by atoms with E-state index < -0.39 is 11.6 Å². The Kier molecular flexibility index (Phi) is 8.67. The van der Waals surface area contributed by atoms with Gasteiger partial charge in [-0.05, 0) is 40.2 Å². The number of halogens is 5. The Balaban J connectivity index is 0.000000191. The van der Waals surface area contributed by atoms with E-state index >= 15 is 0 Å². The van der Waals surface area contributed by atoms with Gasteiger partial charge >= 0.3 is 0 Å². The van der Waals surface area contributed by atoms with E-state index in [2.05, 4.69) is 64.4 Å². The predicted molar refractivity (Wildman–Crippen MR) is 117 cm³/mol. The van der Waals surface area contributed by atoms with Crippen molar-refractivity contribution in [1.29, 1.82) is 0 Å². The Morgan fingerprint density at radius 3 is 1.76 bits per heavy atom. The summed E-state index contributed by atoms with van der Waals surface area (Å²) in [4.78, 5) is 7.67. The quantitative estimate of drug-likeness (QED) is 0.355. The van der Waals surface area contributed by atoms with Gasteiger partial charge in [0.2, 0.25) is 0 Å². The van der Waals surface area contributed by atoms with Gasteiger partial charge in [0.15, 0.2) is 23.3 Å². The van der Waals surface area contributed by atoms with Crippen LogP contribution in [0.4, 0.5) is 20.4 Å². The molecule has 0 saturated carbocycles. The van der Waals surface area contributed by atoms with Crippen molar-refractivity contribution in [1.82, 2.24) is 29.5 Å². The second kappa shape index (κ2) is 11.0. The van der Waals surface area contributed by atoms with E-state index in [4.69, 9.17) is 11.5 Å². The zero-order chi connectivity index (χ0) is 21.4. The van der Waals surface area contributed by atoms with E-state index in [1.54, 1.807) is 6.07 Å². The number of aromatic nitrogens is 6. The first-order valence-electron chi connectivity index (χ1n) is 7.63. The summed E-state index contributed by atoms with van der Waals surface area (Å²) >= 11 is 8.68. The first-order valence-corrected chi connectivity index (χ1v) is 12.1. The number of hydrogen-bond acceptors (Lipinski definition) is 6. The SMILES string of the molecule is BrBr.Nc1c(Br)cnn1-c1ncccc1F.Nc1ccnn1-c1ncccc1F. The van der Waals surface area contributed by atoms with Gasteiger partial charge < -0.3 is 11.5 Å². The van der Waals surface area contributed by atoms with Crippen LogP contribution in [0.3, 0.4) is 0 Å². The van der Waals surface area contributed by atoms with Crippen LogP contribution in [0.15, 0.2) is 59.6 Å². The van der Waals surface area contributed by atoms with Crippen LogP contribution in [0, 0.1) is 11.6 Å². The molecule has 0 aliphatic heterocycles. The maximum Gasteiger partial charge on any atom is 0.191 e. The summed E-state index contributed by atoms with van der Waals surface area (Å²) < 4.78 is 29.5. The second-order valence-corrected chi connectivity index (χ2v) is 5.93. The Morgan fingerprint density at radius 2 is 1.34 bits per heavy atom. The molecule has 0 atom stereocenters. The van der Waals surface area contributed by atoms with Crippen LogP contribution in [0.5, 0.6) is 0 Å². The minimum absolute atomic E-state index is 0.0932. The molecule has 0 unspecified atom stereocenters. The highest BCUT2D eigenvalue weighted by atomic mass is 80.9. The van der Waals surface area contributed by atoms with E-state index in [1.807, 2.05) is 0 Å². The fourth-order valence-electron chi connectivity index (χ4n) is 2.06. The van der Waals surface area contributed by atoms with Crippen molar-refractivity contribution >= 4 is 55.8 Å². The molecule has 29 heavy (non-hydrogen) atoms. The third-order valence-corrected chi connectivity index (χ3v) is 3.92. The Labute approximate surface area is 187 Å². The Hall–Kier alpha value is -2.38. The van der Waals surface area contributed by atoms with E-state index in [1.165, 1.54) is 58.4 Å². The number of rotatable bonds is 2. The van der Waals surface area contributed by atoms with Crippen molar-refractivity contribution < 1.29 is 8.78 Å². The molecule has 4 aromatic rings. The minimum atomic E-state index is -0.463. The number of nitrogens with two attached hydrogens (primary N) is 2. The zero-order valence-electron chi connectivity index (χ0n) is 14.4. The molecule has 0 radical (unpaired) electrons. The molecule has 8 nitrogen and oxygen atoms in total. The summed E-state index contributed by atoms with van der Waals surface area (Å²) in [6, 6.07) is 7.21. The molecule has 0 aliphatic rings. The molecule has 4 aromatic heterocycles. The van der Waals surface area contributed by atoms with Gasteiger partial charge in [0, 0.05) is 46.7 Å². The van der Waals surface area contributed by atoms with Crippen molar-refractivity contribution in [3.63, 3.8) is 0 Å². The van der Waals surface area contributed by atoms with Crippen LogP contribution in [0.25, 0.3) is 11.6 Å². The van der Waals surface area contributed by atoms with Crippen molar-refractivity contribution in [3.8, 4) is 11.6 Å². The second-order valence-electron chi connectivity index (χ2n) is 5.08. The maximum absolute atomic E-state index is 13.3. The Morgan fingerprint density at radius 1 is 0.793 bits per heavy atom. The fraction of sp³-hybridized carbons (Fsp3) is 0. The van der Waals surface area contributed by atoms with Crippen LogP contribution in [0.2, 0.25) is 0 Å². The molecule has 0 amide bonds. The monoisotopic (exact) mass is 592 g/mol. The molecule has 13 heteroatoms. The molecule has 4 heterocycles. The molecular formula is C16H13Br3F2N8. The van der Waals surface area contributed by atoms with Gasteiger partial charge in [-0.15, -0.1) is 0 Å². The fourth-order valence-corrected chi connectivity index (χ4v) is 2.32. The van der Waals surface area contributed by atoms with Gasteiger partial charge in [-0.2, -0.15) is 19.6 Å². The molecule has 0 fully saturated rings. The van der Waals surface area contributed by atoms with E-state index in [0.717, 1.165) is 0 Å². The van der Waals surface area contributed by atoms with Gasteiger partial charge in [-0.1, -0.05) is 0 Å². The third-order valence-electron chi connectivity index (χ3n) is 3.31. The standard InChI is InChI=1S/C8H6BrFN4.C8H7FN4.Br2/c9-5-4-13-14(7(5)11)8-6(10)2-1-3-12-8;9-6-2-1-4-11-8(6)13-7(10)3-5-12-13;1-2/h1-4H,11H2;1-5H,10H2;. The Bertz CT molecular complexity index is 1070. The van der Waals surface area contributed by atoms with Crippen LogP contribution < -0.4 is 11.5 Å². The molecule has 152 valence electrons. The summed E-state index contributed by atoms with van der Waals surface area (Å²) in [5.41, 5.74) is 11.2. The molecular weight excluding hydrogens is 582 g/mol. The van der Waals surface area contributed by atoms with Gasteiger partial charge in [-0.3, -0.25) is 0 Å². The normalized spacial score (nSPS) is 9.83. The molecule has 0 saturated heterocycles. The third kappa shape index (κ3) is 5.58. The average molecular weight is 595 g/mol. The summed E-state index contributed by atoms with van der Waals surface area (Å²) in [6.07, 6.45) is 5.94. The van der Waals surface area contributed by atoms with Crippen LogP contribution in [-0.2, 0) is 0 Å². The van der Waals surface area contributed by atoms with Crippen molar-refractivity contribution in [3.05, 3.63) is 71.2 Å². The lowest BCUT2D eigenvalue weighted by Crippen LogP contribution is -2.06. The van der Waals surface area contributed by atoms with Gasteiger partial charge in [0.25, 0.3) is 0 Å². The summed E-state index contributed by atoms with van der Waals surface area (Å²) in [6.45, 7) is 0. The van der Waals surface area contributed by atoms with Crippen molar-refractivity contribution in [2.45, 2.75) is 0 Å². The highest BCUT2D eigenvalue weighted by Gasteiger charge is 2.11. The number of anilines is 2. The summed E-state index contributed by atoms with van der Waals surface area (Å²) in [7, 11) is 0. The highest BCUT2D eigenvalue weighted by Crippen LogP contribution is 2.21. The van der Waals surface area contributed by atoms with E-state index in [-0.39, 0.29) is 11.6 Å². The van der Waals surface area contributed by atoms with Crippen LogP contribution in [-0.4, -0.2) is 29.5 Å². The lowest BCUT2D eigenvalue weighted by atomic mass is 10.4. The van der Waals surface area contributed by atoms with Gasteiger partial charge in [-0.25, -0.2) is 18.7 Å². The number of nitrogen functional groups attached to an aromatic ring is 2. The highest BCUT2D eigenvalue weighted by molar-refractivity contribution is 9.93. The zero-order valence-corrected chi connectivity index (χ0v) is 19.2. The van der Waals surface area contributed by atoms with Crippen molar-refractivity contribution in [2.75, 3.05) is 11.5 Å². The van der Waals surface area contributed by atoms with Crippen molar-refractivity contribution in [2.24, 2.45) is 0 Å². The largest absolute Gasteiger partial charge is 0.384 e. The minimum Gasteiger partial charge on any atom is -0.384 e. The van der Waals surface area contributed by atoms with Crippen LogP contribution in [0.1, 0.15) is 0 Å². The molecule has 0 aromatic carbocycles. The van der Waals surface area contributed by atoms with Gasteiger partial charge in [0.05, 0.1) is 16.9 Å². The smallest absolute Gasteiger partial charge is 0.191 e. The molecule has 0 aliphatic carbocycles. The maximum atomic E-state index is 13.3. The summed E-state index contributed by atoms with van der Waals surface area (Å²) in [5, 5.41) is 7.72. The number of hydrogen-bond donors (Lipinski definition) is 2. The number of pyridine rings is 2. The lowest BCUT2D eigenvalue weighted by Gasteiger charge is -2.03. The van der Waals surface area contributed by atoms with Crippen LogP contribution >= 0.6 is 44.2 Å². The topological polar surface area (TPSA) is 113 Å². The first kappa shape index (κ1) is 22.9. The first-order chi connectivity index (χ1) is 14.0. The number of nitrogens with zero attached hydrogens (tertiary/aromatic N) is 6. The van der Waals surface area contributed by atoms with E-state index in [0.29, 0.717) is 16.1 Å². The molecule has 0 spiro atoms. The van der Waals surface area contributed by atoms with Gasteiger partial charge in [0.1, 0.15) is 11.6 Å². The lowest BCUT2D eigenvalue weighted by molar-refractivity contribution is 0.601. The predicted octanol–water partition coefficient (Wildman–Crippen LogP) is 4.43. The molecule has 4 rings (SSSR count). The summed E-state index contributed by atoms with van der Waals surface area (Å²) in [5.74, 6) is -0.0198. The molecule has 0 bridgehead atoms. The molecule has 4 N–H and O–H groups in total. The van der Waals surface area contributed by atoms with E-state index in [9.17, 15) is 8.78 Å². The average Bonchev–Trinajstić information content (AvgIpc) is 3.31.